The van der Waals surface area contributed by atoms with Gasteiger partial charge < -0.3 is 21.2 Å². The van der Waals surface area contributed by atoms with Crippen LogP contribution in [0, 0.1) is 6.92 Å². The number of rotatable bonds is 5. The first-order valence-electron chi connectivity index (χ1n) is 7.84. The SMILES string of the molecule is Cc1nc(/C(N)=C(\CN)N(C)N)ccc1OC1CCCCC1. The molecule has 0 atom stereocenters. The van der Waals surface area contributed by atoms with Crippen molar-refractivity contribution < 1.29 is 4.74 Å². The number of hydrogen-bond acceptors (Lipinski definition) is 6. The van der Waals surface area contributed by atoms with Crippen molar-refractivity contribution in [1.29, 1.82) is 0 Å². The van der Waals surface area contributed by atoms with Crippen molar-refractivity contribution in [2.24, 2.45) is 17.3 Å². The lowest BCUT2D eigenvalue weighted by Crippen LogP contribution is -2.32. The fraction of sp³-hybridized carbons (Fsp3) is 0.562. The molecule has 6 heteroatoms. The predicted octanol–water partition coefficient (Wildman–Crippen LogP) is 1.49. The summed E-state index contributed by atoms with van der Waals surface area (Å²) in [5.41, 5.74) is 14.5. The largest absolute Gasteiger partial charge is 0.489 e. The third kappa shape index (κ3) is 3.90. The molecule has 1 saturated carbocycles. The van der Waals surface area contributed by atoms with E-state index in [1.807, 2.05) is 19.1 Å². The molecule has 122 valence electrons. The molecule has 1 heterocycles. The Hall–Kier alpha value is -1.79. The second kappa shape index (κ2) is 7.47. The van der Waals surface area contributed by atoms with Crippen LogP contribution in [0.25, 0.3) is 5.70 Å². The first-order chi connectivity index (χ1) is 10.5. The maximum atomic E-state index is 6.13. The van der Waals surface area contributed by atoms with E-state index in [-0.39, 0.29) is 6.54 Å². The summed E-state index contributed by atoms with van der Waals surface area (Å²) >= 11 is 0. The summed E-state index contributed by atoms with van der Waals surface area (Å²) in [5, 5.41) is 1.43. The van der Waals surface area contributed by atoms with Crippen LogP contribution in [-0.4, -0.2) is 29.7 Å². The topological polar surface area (TPSA) is 103 Å². The summed E-state index contributed by atoms with van der Waals surface area (Å²) in [7, 11) is 1.71. The Kier molecular flexibility index (Phi) is 5.63. The summed E-state index contributed by atoms with van der Waals surface area (Å²) in [6.45, 7) is 2.20. The van der Waals surface area contributed by atoms with E-state index in [0.29, 0.717) is 23.2 Å². The maximum absolute atomic E-state index is 6.13. The molecule has 0 aromatic carbocycles. The van der Waals surface area contributed by atoms with Crippen molar-refractivity contribution in [2.45, 2.75) is 45.1 Å². The van der Waals surface area contributed by atoms with Gasteiger partial charge >= 0.3 is 0 Å². The molecule has 1 fully saturated rings. The summed E-state index contributed by atoms with van der Waals surface area (Å²) < 4.78 is 6.08. The molecule has 0 saturated heterocycles. The molecular formula is C16H27N5O. The monoisotopic (exact) mass is 305 g/mol. The highest BCUT2D eigenvalue weighted by Gasteiger charge is 2.17. The van der Waals surface area contributed by atoms with E-state index in [1.54, 1.807) is 7.05 Å². The minimum atomic E-state index is 0.264. The van der Waals surface area contributed by atoms with Crippen molar-refractivity contribution in [3.8, 4) is 5.75 Å². The molecule has 0 bridgehead atoms. The van der Waals surface area contributed by atoms with Gasteiger partial charge in [0.15, 0.2) is 0 Å². The van der Waals surface area contributed by atoms with Gasteiger partial charge in [-0.3, -0.25) is 0 Å². The van der Waals surface area contributed by atoms with E-state index in [1.165, 1.54) is 24.3 Å². The van der Waals surface area contributed by atoms with Crippen molar-refractivity contribution in [2.75, 3.05) is 13.6 Å². The van der Waals surface area contributed by atoms with Gasteiger partial charge in [0, 0.05) is 13.6 Å². The highest BCUT2D eigenvalue weighted by Crippen LogP contribution is 2.26. The van der Waals surface area contributed by atoms with Crippen LogP contribution in [0.1, 0.15) is 43.5 Å². The normalized spacial score (nSPS) is 17.1. The number of likely N-dealkylation sites (N-methyl/N-ethyl adjacent to an activating group) is 1. The molecule has 1 aliphatic carbocycles. The number of nitrogens with two attached hydrogens (primary N) is 3. The van der Waals surface area contributed by atoms with Gasteiger partial charge in [-0.2, -0.15) is 0 Å². The van der Waals surface area contributed by atoms with E-state index in [4.69, 9.17) is 22.0 Å². The van der Waals surface area contributed by atoms with Crippen LogP contribution in [0.15, 0.2) is 17.8 Å². The minimum Gasteiger partial charge on any atom is -0.489 e. The van der Waals surface area contributed by atoms with Gasteiger partial charge in [0.1, 0.15) is 5.75 Å². The summed E-state index contributed by atoms with van der Waals surface area (Å²) in [6, 6.07) is 3.80. The van der Waals surface area contributed by atoms with Crippen LogP contribution >= 0.6 is 0 Å². The predicted molar refractivity (Wildman–Crippen MR) is 88.6 cm³/mol. The van der Waals surface area contributed by atoms with Crippen LogP contribution in [0.4, 0.5) is 0 Å². The van der Waals surface area contributed by atoms with Gasteiger partial charge in [0.05, 0.1) is 28.9 Å². The molecule has 6 nitrogen and oxygen atoms in total. The number of ether oxygens (including phenoxy) is 1. The Balaban J connectivity index is 2.18. The number of aromatic nitrogens is 1. The maximum Gasteiger partial charge on any atom is 0.140 e. The zero-order chi connectivity index (χ0) is 16.1. The Bertz CT molecular complexity index is 535. The molecule has 0 spiro atoms. The minimum absolute atomic E-state index is 0.264. The molecule has 0 aliphatic heterocycles. The molecule has 0 unspecified atom stereocenters. The molecule has 0 amide bonds. The van der Waals surface area contributed by atoms with Gasteiger partial charge in [-0.05, 0) is 44.7 Å². The fourth-order valence-corrected chi connectivity index (χ4v) is 2.78. The molecule has 1 aromatic rings. The summed E-state index contributed by atoms with van der Waals surface area (Å²) in [4.78, 5) is 4.54. The van der Waals surface area contributed by atoms with Crippen molar-refractivity contribution >= 4 is 5.70 Å². The van der Waals surface area contributed by atoms with Gasteiger partial charge in [0.2, 0.25) is 0 Å². The number of aryl methyl sites for hydroxylation is 1. The molecule has 6 N–H and O–H groups in total. The molecule has 22 heavy (non-hydrogen) atoms. The summed E-state index contributed by atoms with van der Waals surface area (Å²) in [5.74, 6) is 6.57. The Morgan fingerprint density at radius 2 is 2.00 bits per heavy atom. The first kappa shape index (κ1) is 16.6. The van der Waals surface area contributed by atoms with Gasteiger partial charge in [-0.1, -0.05) is 6.42 Å². The third-order valence-corrected chi connectivity index (χ3v) is 4.09. The molecule has 1 aliphatic rings. The lowest BCUT2D eigenvalue weighted by atomic mass is 9.98. The quantitative estimate of drug-likeness (QED) is 0.562. The van der Waals surface area contributed by atoms with Crippen molar-refractivity contribution in [3.05, 3.63) is 29.2 Å². The zero-order valence-electron chi connectivity index (χ0n) is 13.5. The standard InChI is InChI=1S/C16H27N5O/c1-11-15(22-12-6-4-3-5-7-12)9-8-13(20-11)16(18)14(10-17)21(2)19/h8-9,12H,3-7,10,17-19H2,1-2H3/b16-14-. The first-order valence-corrected chi connectivity index (χ1v) is 7.84. The number of nitrogens with zero attached hydrogens (tertiary/aromatic N) is 2. The van der Waals surface area contributed by atoms with Gasteiger partial charge in [0.25, 0.3) is 0 Å². The van der Waals surface area contributed by atoms with Crippen molar-refractivity contribution in [3.63, 3.8) is 0 Å². The van der Waals surface area contributed by atoms with E-state index in [2.05, 4.69) is 4.98 Å². The van der Waals surface area contributed by atoms with E-state index < -0.39 is 0 Å². The molecule has 1 aromatic heterocycles. The van der Waals surface area contributed by atoms with Crippen LogP contribution < -0.4 is 22.0 Å². The Labute approximate surface area is 132 Å². The van der Waals surface area contributed by atoms with E-state index in [9.17, 15) is 0 Å². The second-order valence-corrected chi connectivity index (χ2v) is 5.83. The van der Waals surface area contributed by atoms with Crippen LogP contribution in [-0.2, 0) is 0 Å². The van der Waals surface area contributed by atoms with Crippen LogP contribution in [0.3, 0.4) is 0 Å². The highest BCUT2D eigenvalue weighted by atomic mass is 16.5. The second-order valence-electron chi connectivity index (χ2n) is 5.83. The smallest absolute Gasteiger partial charge is 0.140 e. The number of hydrogen-bond donors (Lipinski definition) is 3. The highest BCUT2D eigenvalue weighted by molar-refractivity contribution is 5.63. The third-order valence-electron chi connectivity index (χ3n) is 4.09. The van der Waals surface area contributed by atoms with Crippen LogP contribution in [0.2, 0.25) is 0 Å². The molecule has 0 radical (unpaired) electrons. The van der Waals surface area contributed by atoms with Crippen molar-refractivity contribution in [1.82, 2.24) is 9.99 Å². The average Bonchev–Trinajstić information content (AvgIpc) is 2.50. The number of pyridine rings is 1. The number of hydrazine groups is 1. The van der Waals surface area contributed by atoms with Gasteiger partial charge in [-0.15, -0.1) is 0 Å². The zero-order valence-corrected chi connectivity index (χ0v) is 13.5. The lowest BCUT2D eigenvalue weighted by Gasteiger charge is -2.24. The van der Waals surface area contributed by atoms with Gasteiger partial charge in [-0.25, -0.2) is 10.8 Å². The Morgan fingerprint density at radius 1 is 1.32 bits per heavy atom. The Morgan fingerprint density at radius 3 is 2.55 bits per heavy atom. The van der Waals surface area contributed by atoms with Crippen LogP contribution in [0.5, 0.6) is 5.75 Å². The molecular weight excluding hydrogens is 278 g/mol. The fourth-order valence-electron chi connectivity index (χ4n) is 2.78. The molecule has 2 rings (SSSR count). The lowest BCUT2D eigenvalue weighted by molar-refractivity contribution is 0.153. The van der Waals surface area contributed by atoms with E-state index in [0.717, 1.165) is 24.3 Å². The summed E-state index contributed by atoms with van der Waals surface area (Å²) in [6.07, 6.45) is 6.35. The average molecular weight is 305 g/mol. The van der Waals surface area contributed by atoms with E-state index >= 15 is 0 Å².